The van der Waals surface area contributed by atoms with E-state index in [9.17, 15) is 5.11 Å². The standard InChI is InChI=1S/C15H27N3OS/c1-3-18(4-2)15-17-11-14(20-15)10-16-9-12-6-5-7-13(19)8-12/h11-13,16,19H,3-10H2,1-2H3. The Kier molecular flexibility index (Phi) is 6.26. The van der Waals surface area contributed by atoms with Gasteiger partial charge in [0, 0.05) is 30.7 Å². The second-order valence-electron chi connectivity index (χ2n) is 5.60. The fourth-order valence-corrected chi connectivity index (χ4v) is 3.87. The van der Waals surface area contributed by atoms with Crippen LogP contribution in [0.5, 0.6) is 0 Å². The predicted octanol–water partition coefficient (Wildman–Crippen LogP) is 2.63. The largest absolute Gasteiger partial charge is 0.393 e. The van der Waals surface area contributed by atoms with E-state index in [1.54, 1.807) is 11.3 Å². The van der Waals surface area contributed by atoms with Gasteiger partial charge in [0.25, 0.3) is 0 Å². The van der Waals surface area contributed by atoms with Crippen LogP contribution >= 0.6 is 11.3 Å². The van der Waals surface area contributed by atoms with E-state index in [-0.39, 0.29) is 6.10 Å². The molecule has 0 radical (unpaired) electrons. The monoisotopic (exact) mass is 297 g/mol. The highest BCUT2D eigenvalue weighted by molar-refractivity contribution is 7.15. The van der Waals surface area contributed by atoms with Crippen molar-refractivity contribution < 1.29 is 5.11 Å². The zero-order valence-electron chi connectivity index (χ0n) is 12.6. The molecule has 1 aromatic heterocycles. The molecule has 0 aliphatic heterocycles. The zero-order chi connectivity index (χ0) is 14.4. The highest BCUT2D eigenvalue weighted by atomic mass is 32.1. The number of nitrogens with one attached hydrogen (secondary N) is 1. The van der Waals surface area contributed by atoms with Gasteiger partial charge in [-0.2, -0.15) is 0 Å². The third-order valence-corrected chi connectivity index (χ3v) is 5.12. The molecule has 4 nitrogen and oxygen atoms in total. The third kappa shape index (κ3) is 4.43. The number of hydrogen-bond donors (Lipinski definition) is 2. The first-order valence-electron chi connectivity index (χ1n) is 7.81. The van der Waals surface area contributed by atoms with Gasteiger partial charge >= 0.3 is 0 Å². The molecule has 5 heteroatoms. The van der Waals surface area contributed by atoms with E-state index in [1.807, 2.05) is 6.20 Å². The van der Waals surface area contributed by atoms with Gasteiger partial charge in [-0.25, -0.2) is 4.98 Å². The summed E-state index contributed by atoms with van der Waals surface area (Å²) < 4.78 is 0. The van der Waals surface area contributed by atoms with Crippen molar-refractivity contribution in [3.63, 3.8) is 0 Å². The summed E-state index contributed by atoms with van der Waals surface area (Å²) in [6.45, 7) is 8.25. The van der Waals surface area contributed by atoms with Gasteiger partial charge in [-0.15, -0.1) is 11.3 Å². The average Bonchev–Trinajstić information content (AvgIpc) is 2.89. The fraction of sp³-hybridized carbons (Fsp3) is 0.800. The molecule has 2 atom stereocenters. The highest BCUT2D eigenvalue weighted by Crippen LogP contribution is 2.24. The number of hydrogen-bond acceptors (Lipinski definition) is 5. The fourth-order valence-electron chi connectivity index (χ4n) is 2.87. The summed E-state index contributed by atoms with van der Waals surface area (Å²) >= 11 is 1.78. The second-order valence-corrected chi connectivity index (χ2v) is 6.69. The Morgan fingerprint density at radius 1 is 1.40 bits per heavy atom. The maximum Gasteiger partial charge on any atom is 0.185 e. The van der Waals surface area contributed by atoms with Crippen LogP contribution in [0.3, 0.4) is 0 Å². The lowest BCUT2D eigenvalue weighted by atomic mass is 9.87. The third-order valence-electron chi connectivity index (χ3n) is 4.06. The average molecular weight is 297 g/mol. The van der Waals surface area contributed by atoms with Crippen molar-refractivity contribution in [3.8, 4) is 0 Å². The first kappa shape index (κ1) is 15.7. The molecule has 2 N–H and O–H groups in total. The zero-order valence-corrected chi connectivity index (χ0v) is 13.5. The van der Waals surface area contributed by atoms with Crippen LogP contribution in [-0.4, -0.2) is 35.8 Å². The van der Waals surface area contributed by atoms with E-state index in [4.69, 9.17) is 0 Å². The quantitative estimate of drug-likeness (QED) is 0.812. The minimum absolute atomic E-state index is 0.0757. The maximum absolute atomic E-state index is 9.67. The van der Waals surface area contributed by atoms with E-state index in [0.29, 0.717) is 5.92 Å². The maximum atomic E-state index is 9.67. The number of thiazole rings is 1. The predicted molar refractivity (Wildman–Crippen MR) is 85.3 cm³/mol. The summed E-state index contributed by atoms with van der Waals surface area (Å²) in [7, 11) is 0. The van der Waals surface area contributed by atoms with Crippen LogP contribution in [0.15, 0.2) is 6.20 Å². The van der Waals surface area contributed by atoms with Crippen LogP contribution in [0, 0.1) is 5.92 Å². The summed E-state index contributed by atoms with van der Waals surface area (Å²) in [6.07, 6.45) is 6.27. The number of nitrogens with zero attached hydrogens (tertiary/aromatic N) is 2. The van der Waals surface area contributed by atoms with E-state index in [0.717, 1.165) is 44.2 Å². The van der Waals surface area contributed by atoms with Gasteiger partial charge in [0.05, 0.1) is 6.10 Å². The molecule has 2 unspecified atom stereocenters. The number of aromatic nitrogens is 1. The normalized spacial score (nSPS) is 22.9. The Morgan fingerprint density at radius 3 is 2.90 bits per heavy atom. The highest BCUT2D eigenvalue weighted by Gasteiger charge is 2.19. The van der Waals surface area contributed by atoms with Crippen LogP contribution in [0.25, 0.3) is 0 Å². The molecular weight excluding hydrogens is 270 g/mol. The van der Waals surface area contributed by atoms with E-state index >= 15 is 0 Å². The van der Waals surface area contributed by atoms with E-state index in [1.165, 1.54) is 17.7 Å². The molecule has 20 heavy (non-hydrogen) atoms. The van der Waals surface area contributed by atoms with Gasteiger partial charge in [0.2, 0.25) is 0 Å². The van der Waals surface area contributed by atoms with E-state index < -0.39 is 0 Å². The van der Waals surface area contributed by atoms with Crippen molar-refractivity contribution in [3.05, 3.63) is 11.1 Å². The van der Waals surface area contributed by atoms with Crippen molar-refractivity contribution >= 4 is 16.5 Å². The van der Waals surface area contributed by atoms with Crippen LogP contribution < -0.4 is 10.2 Å². The summed E-state index contributed by atoms with van der Waals surface area (Å²) in [5, 5.41) is 14.3. The van der Waals surface area contributed by atoms with Crippen LogP contribution in [0.2, 0.25) is 0 Å². The summed E-state index contributed by atoms with van der Waals surface area (Å²) in [5.41, 5.74) is 0. The molecule has 1 saturated carbocycles. The Bertz CT molecular complexity index is 392. The van der Waals surface area contributed by atoms with Gasteiger partial charge in [-0.1, -0.05) is 6.42 Å². The first-order chi connectivity index (χ1) is 9.72. The van der Waals surface area contributed by atoms with Crippen molar-refractivity contribution in [2.75, 3.05) is 24.5 Å². The molecule has 0 spiro atoms. The number of aliphatic hydroxyl groups excluding tert-OH is 1. The topological polar surface area (TPSA) is 48.4 Å². The lowest BCUT2D eigenvalue weighted by molar-refractivity contribution is 0.101. The smallest absolute Gasteiger partial charge is 0.185 e. The SMILES string of the molecule is CCN(CC)c1ncc(CNCC2CCCC(O)C2)s1. The number of aliphatic hydroxyl groups is 1. The van der Waals surface area contributed by atoms with E-state index in [2.05, 4.69) is 29.0 Å². The molecule has 0 amide bonds. The Hall–Kier alpha value is -0.650. The Labute approximate surface area is 126 Å². The molecule has 0 saturated heterocycles. The van der Waals surface area contributed by atoms with Crippen molar-refractivity contribution in [2.45, 2.75) is 52.2 Å². The van der Waals surface area contributed by atoms with Crippen LogP contribution in [-0.2, 0) is 6.54 Å². The molecule has 1 fully saturated rings. The lowest BCUT2D eigenvalue weighted by Gasteiger charge is -2.25. The van der Waals surface area contributed by atoms with Gasteiger partial charge in [-0.3, -0.25) is 0 Å². The molecule has 1 aliphatic carbocycles. The van der Waals surface area contributed by atoms with Crippen LogP contribution in [0.1, 0.15) is 44.4 Å². The summed E-state index contributed by atoms with van der Waals surface area (Å²) in [5.74, 6) is 0.633. The van der Waals surface area contributed by atoms with Crippen molar-refractivity contribution in [1.82, 2.24) is 10.3 Å². The number of anilines is 1. The molecule has 114 valence electrons. The molecular formula is C15H27N3OS. The molecule has 0 aromatic carbocycles. The summed E-state index contributed by atoms with van der Waals surface area (Å²) in [4.78, 5) is 8.08. The van der Waals surface area contributed by atoms with Crippen molar-refractivity contribution in [2.24, 2.45) is 5.92 Å². The molecule has 1 aromatic rings. The van der Waals surface area contributed by atoms with Gasteiger partial charge < -0.3 is 15.3 Å². The van der Waals surface area contributed by atoms with Crippen LogP contribution in [0.4, 0.5) is 5.13 Å². The van der Waals surface area contributed by atoms with Gasteiger partial charge in [-0.05, 0) is 45.6 Å². The Balaban J connectivity index is 1.74. The van der Waals surface area contributed by atoms with Gasteiger partial charge in [0.15, 0.2) is 5.13 Å². The minimum Gasteiger partial charge on any atom is -0.393 e. The molecule has 1 heterocycles. The first-order valence-corrected chi connectivity index (χ1v) is 8.63. The number of rotatable bonds is 7. The minimum atomic E-state index is -0.0757. The molecule has 2 rings (SSSR count). The summed E-state index contributed by atoms with van der Waals surface area (Å²) in [6, 6.07) is 0. The molecule has 1 aliphatic rings. The van der Waals surface area contributed by atoms with Crippen molar-refractivity contribution in [1.29, 1.82) is 0 Å². The lowest BCUT2D eigenvalue weighted by Crippen LogP contribution is -2.28. The second kappa shape index (κ2) is 7.96. The molecule has 0 bridgehead atoms. The Morgan fingerprint density at radius 2 is 2.20 bits per heavy atom. The van der Waals surface area contributed by atoms with Gasteiger partial charge in [0.1, 0.15) is 0 Å².